The minimum absolute atomic E-state index is 0.316. The Morgan fingerprint density at radius 2 is 1.76 bits per heavy atom. The van der Waals surface area contributed by atoms with E-state index >= 15 is 0 Å². The van der Waals surface area contributed by atoms with E-state index < -0.39 is 17.8 Å². The van der Waals surface area contributed by atoms with Gasteiger partial charge in [-0.05, 0) is 71.3 Å². The van der Waals surface area contributed by atoms with Crippen LogP contribution < -0.4 is 20.2 Å². The zero-order valence-electron chi connectivity index (χ0n) is 22.7. The molecule has 2 N–H and O–H groups in total. The number of methoxy groups -OCH3 is 2. The van der Waals surface area contributed by atoms with E-state index in [4.69, 9.17) is 14.2 Å². The highest BCUT2D eigenvalue weighted by atomic mass is 32.1. The number of fused-ring (bicyclic) bond motifs is 2. The van der Waals surface area contributed by atoms with Crippen molar-refractivity contribution in [1.82, 2.24) is 5.43 Å². The van der Waals surface area contributed by atoms with Crippen molar-refractivity contribution in [2.75, 3.05) is 19.5 Å². The molecule has 41 heavy (non-hydrogen) atoms. The van der Waals surface area contributed by atoms with Gasteiger partial charge in [0.2, 0.25) is 0 Å². The molecule has 2 amide bonds. The van der Waals surface area contributed by atoms with Crippen molar-refractivity contribution in [3.05, 3.63) is 87.8 Å². The molecule has 0 saturated carbocycles. The molecule has 0 atom stereocenters. The quantitative estimate of drug-likeness (QED) is 0.129. The van der Waals surface area contributed by atoms with Crippen LogP contribution in [0.5, 0.6) is 11.5 Å². The first-order valence-corrected chi connectivity index (χ1v) is 13.9. The van der Waals surface area contributed by atoms with E-state index in [1.54, 1.807) is 18.2 Å². The van der Waals surface area contributed by atoms with Gasteiger partial charge in [-0.15, -0.1) is 11.3 Å². The number of hydrogen-bond acceptors (Lipinski definition) is 8. The number of benzene rings is 3. The number of carbonyl (C=O) groups excluding carboxylic acids is 3. The van der Waals surface area contributed by atoms with E-state index in [1.807, 2.05) is 24.3 Å². The minimum Gasteiger partial charge on any atom is -0.493 e. The van der Waals surface area contributed by atoms with Crippen LogP contribution in [0, 0.1) is 0 Å². The average Bonchev–Trinajstić information content (AvgIpc) is 3.37. The zero-order chi connectivity index (χ0) is 28.8. The number of rotatable bonds is 8. The van der Waals surface area contributed by atoms with Crippen LogP contribution in [-0.4, -0.2) is 38.2 Å². The smallest absolute Gasteiger partial charge is 0.341 e. The van der Waals surface area contributed by atoms with Crippen molar-refractivity contribution in [1.29, 1.82) is 0 Å². The number of ether oxygens (including phenoxy) is 3. The normalized spacial score (nSPS) is 12.5. The molecule has 5 rings (SSSR count). The van der Waals surface area contributed by atoms with Gasteiger partial charge in [-0.3, -0.25) is 9.59 Å². The van der Waals surface area contributed by atoms with E-state index in [9.17, 15) is 14.4 Å². The third-order valence-electron chi connectivity index (χ3n) is 6.82. The Morgan fingerprint density at radius 3 is 2.59 bits per heavy atom. The maximum absolute atomic E-state index is 12.6. The Morgan fingerprint density at radius 1 is 0.951 bits per heavy atom. The van der Waals surface area contributed by atoms with Crippen molar-refractivity contribution in [3.63, 3.8) is 0 Å². The number of nitrogens with one attached hydrogen (secondary N) is 2. The van der Waals surface area contributed by atoms with Crippen molar-refractivity contribution < 1.29 is 28.6 Å². The van der Waals surface area contributed by atoms with Gasteiger partial charge in [0.15, 0.2) is 11.5 Å². The molecule has 0 saturated heterocycles. The Bertz CT molecular complexity index is 1640. The van der Waals surface area contributed by atoms with Gasteiger partial charge in [-0.2, -0.15) is 5.10 Å². The molecule has 3 aromatic carbocycles. The van der Waals surface area contributed by atoms with Gasteiger partial charge in [0.1, 0.15) is 11.6 Å². The lowest BCUT2D eigenvalue weighted by Gasteiger charge is -2.12. The number of amides is 2. The monoisotopic (exact) mass is 571 g/mol. The Labute approximate surface area is 241 Å². The van der Waals surface area contributed by atoms with Crippen LogP contribution in [0.3, 0.4) is 0 Å². The summed E-state index contributed by atoms with van der Waals surface area (Å²) in [7, 11) is 2.83. The molecule has 0 fully saturated rings. The fourth-order valence-corrected chi connectivity index (χ4v) is 6.08. The molecule has 1 aliphatic rings. The number of nitrogens with zero attached hydrogens (tertiary/aromatic N) is 1. The number of anilines is 1. The minimum atomic E-state index is -0.967. The van der Waals surface area contributed by atoms with Crippen LogP contribution in [0.15, 0.2) is 65.8 Å². The van der Waals surface area contributed by atoms with Crippen LogP contribution in [0.4, 0.5) is 5.00 Å². The lowest BCUT2D eigenvalue weighted by atomic mass is 9.95. The van der Waals surface area contributed by atoms with Crippen LogP contribution in [-0.2, 0) is 33.8 Å². The second-order valence-electron chi connectivity index (χ2n) is 9.40. The van der Waals surface area contributed by atoms with Crippen LogP contribution >= 0.6 is 11.3 Å². The summed E-state index contributed by atoms with van der Waals surface area (Å²) in [5, 5.41) is 9.04. The lowest BCUT2D eigenvalue weighted by Crippen LogP contribution is -2.32. The highest BCUT2D eigenvalue weighted by molar-refractivity contribution is 7.17. The summed E-state index contributed by atoms with van der Waals surface area (Å²) in [5.74, 6) is -1.38. The molecule has 0 bridgehead atoms. The van der Waals surface area contributed by atoms with Crippen molar-refractivity contribution in [2.24, 2.45) is 5.10 Å². The molecule has 10 heteroatoms. The predicted molar refractivity (Wildman–Crippen MR) is 158 cm³/mol. The SMILES string of the molecule is COC(=O)c1c(NC(=O)C(=O)N/N=C/c2ccc(OCc3cccc4ccccc34)c(OC)c2)sc2c1CCCC2. The first-order chi connectivity index (χ1) is 20.0. The standard InChI is InChI=1S/C31H29N3O6S/c1-38-25-16-19(14-15-24(25)40-18-21-10-7-9-20-8-3-4-11-22(20)21)17-32-34-29(36)28(35)33-30-27(31(37)39-2)23-12-5-6-13-26(23)41-30/h3-4,7-11,14-17H,5-6,12-13,18H2,1-2H3,(H,33,35)(H,34,36)/b32-17+. The molecule has 0 aliphatic heterocycles. The molecule has 0 unspecified atom stereocenters. The second kappa shape index (κ2) is 12.6. The summed E-state index contributed by atoms with van der Waals surface area (Å²) in [6.45, 7) is 0.362. The van der Waals surface area contributed by atoms with Gasteiger partial charge < -0.3 is 19.5 Å². The topological polar surface area (TPSA) is 115 Å². The predicted octanol–water partition coefficient (Wildman–Crippen LogP) is 5.24. The highest BCUT2D eigenvalue weighted by Crippen LogP contribution is 2.38. The fourth-order valence-electron chi connectivity index (χ4n) is 4.81. The Balaban J connectivity index is 1.21. The molecule has 0 spiro atoms. The van der Waals surface area contributed by atoms with E-state index in [2.05, 4.69) is 34.0 Å². The van der Waals surface area contributed by atoms with E-state index in [0.29, 0.717) is 34.2 Å². The van der Waals surface area contributed by atoms with Crippen molar-refractivity contribution in [2.45, 2.75) is 32.3 Å². The van der Waals surface area contributed by atoms with Gasteiger partial charge in [0.25, 0.3) is 0 Å². The number of thiophene rings is 1. The first kappa shape index (κ1) is 27.9. The molecule has 1 aliphatic carbocycles. The number of hydrazone groups is 1. The maximum atomic E-state index is 12.6. The number of hydrogen-bond donors (Lipinski definition) is 2. The lowest BCUT2D eigenvalue weighted by molar-refractivity contribution is -0.136. The van der Waals surface area contributed by atoms with E-state index in [1.165, 1.54) is 31.8 Å². The highest BCUT2D eigenvalue weighted by Gasteiger charge is 2.28. The summed E-state index contributed by atoms with van der Waals surface area (Å²) >= 11 is 1.30. The van der Waals surface area contributed by atoms with E-state index in [-0.39, 0.29) is 0 Å². The third kappa shape index (κ3) is 6.22. The summed E-state index contributed by atoms with van der Waals surface area (Å²) in [5.41, 5.74) is 5.12. The molecule has 9 nitrogen and oxygen atoms in total. The summed E-state index contributed by atoms with van der Waals surface area (Å²) < 4.78 is 16.5. The molecule has 0 radical (unpaired) electrons. The van der Waals surface area contributed by atoms with Crippen LogP contribution in [0.2, 0.25) is 0 Å². The number of carbonyl (C=O) groups is 3. The average molecular weight is 572 g/mol. The molecular formula is C31H29N3O6S. The molecular weight excluding hydrogens is 542 g/mol. The summed E-state index contributed by atoms with van der Waals surface area (Å²) in [6.07, 6.45) is 4.93. The second-order valence-corrected chi connectivity index (χ2v) is 10.5. The van der Waals surface area contributed by atoms with Gasteiger partial charge in [0, 0.05) is 4.88 Å². The Kier molecular flexibility index (Phi) is 8.59. The van der Waals surface area contributed by atoms with Crippen LogP contribution in [0.25, 0.3) is 10.8 Å². The largest absolute Gasteiger partial charge is 0.493 e. The number of aryl methyl sites for hydroxylation is 1. The third-order valence-corrected chi connectivity index (χ3v) is 8.03. The van der Waals surface area contributed by atoms with Crippen molar-refractivity contribution in [3.8, 4) is 11.5 Å². The molecule has 210 valence electrons. The van der Waals surface area contributed by atoms with Gasteiger partial charge in [0.05, 0.1) is 26.0 Å². The van der Waals surface area contributed by atoms with Gasteiger partial charge >= 0.3 is 17.8 Å². The zero-order valence-corrected chi connectivity index (χ0v) is 23.5. The first-order valence-electron chi connectivity index (χ1n) is 13.1. The Hall–Kier alpha value is -4.70. The molecule has 1 aromatic heterocycles. The van der Waals surface area contributed by atoms with Gasteiger partial charge in [-0.25, -0.2) is 10.2 Å². The molecule has 4 aromatic rings. The van der Waals surface area contributed by atoms with Gasteiger partial charge in [-0.1, -0.05) is 42.5 Å². The molecule has 1 heterocycles. The van der Waals surface area contributed by atoms with Crippen molar-refractivity contribution >= 4 is 51.1 Å². The maximum Gasteiger partial charge on any atom is 0.341 e. The summed E-state index contributed by atoms with van der Waals surface area (Å²) in [4.78, 5) is 38.4. The number of esters is 1. The summed E-state index contributed by atoms with van der Waals surface area (Å²) in [6, 6.07) is 19.4. The van der Waals surface area contributed by atoms with Crippen LogP contribution in [0.1, 0.15) is 44.8 Å². The fraction of sp³-hybridized carbons (Fsp3) is 0.226. The van der Waals surface area contributed by atoms with E-state index in [0.717, 1.165) is 52.5 Å².